The first-order valence-electron chi connectivity index (χ1n) is 3.24. The van der Waals surface area contributed by atoms with Crippen LogP contribution in [-0.4, -0.2) is 12.1 Å². The number of alkyl halides is 2. The molecule has 2 nitrogen and oxygen atoms in total. The summed E-state index contributed by atoms with van der Waals surface area (Å²) >= 11 is 7.48. The normalized spacial score (nSPS) is 10.6. The van der Waals surface area contributed by atoms with E-state index in [-0.39, 0.29) is 16.5 Å². The van der Waals surface area contributed by atoms with Crippen molar-refractivity contribution < 1.29 is 13.5 Å². The lowest BCUT2D eigenvalue weighted by molar-refractivity contribution is 0.146. The second kappa shape index (κ2) is 4.36. The minimum Gasteiger partial charge on any atom is -0.481 e. The van der Waals surface area contributed by atoms with Crippen molar-refractivity contribution in [3.05, 3.63) is 20.4 Å². The van der Waals surface area contributed by atoms with Gasteiger partial charge >= 0.3 is 0 Å². The molecule has 0 radical (unpaired) electrons. The lowest BCUT2D eigenvalue weighted by atomic mass is 10.3. The lowest BCUT2D eigenvalue weighted by Crippen LogP contribution is -1.98. The Hall–Kier alpha value is -0.170. The maximum atomic E-state index is 12.4. The number of hydrogen-bond donors (Lipinski definition) is 0. The number of halogens is 4. The number of hydrogen-bond acceptors (Lipinski definition) is 2. The molecular weight excluding hydrogens is 314 g/mol. The molecule has 1 aromatic rings. The fourth-order valence-corrected chi connectivity index (χ4v) is 1.81. The minimum absolute atomic E-state index is 0.0220. The Morgan fingerprint density at radius 2 is 2.23 bits per heavy atom. The average molecular weight is 319 g/mol. The maximum absolute atomic E-state index is 12.4. The first-order valence-corrected chi connectivity index (χ1v) is 4.70. The van der Waals surface area contributed by atoms with Crippen molar-refractivity contribution in [3.63, 3.8) is 0 Å². The Kier molecular flexibility index (Phi) is 3.66. The molecule has 1 rings (SSSR count). The van der Waals surface area contributed by atoms with E-state index < -0.39 is 6.43 Å². The van der Waals surface area contributed by atoms with Crippen LogP contribution in [-0.2, 0) is 0 Å². The van der Waals surface area contributed by atoms with Crippen molar-refractivity contribution in [3.8, 4) is 5.88 Å². The van der Waals surface area contributed by atoms with Crippen LogP contribution in [0.1, 0.15) is 12.0 Å². The predicted molar refractivity (Wildman–Crippen MR) is 53.5 cm³/mol. The van der Waals surface area contributed by atoms with E-state index in [2.05, 4.69) is 9.72 Å². The molecule has 0 amide bonds. The third-order valence-corrected chi connectivity index (χ3v) is 2.22. The van der Waals surface area contributed by atoms with Gasteiger partial charge in [-0.15, -0.1) is 0 Å². The highest BCUT2D eigenvalue weighted by Crippen LogP contribution is 2.34. The van der Waals surface area contributed by atoms with E-state index in [9.17, 15) is 8.78 Å². The zero-order valence-electron chi connectivity index (χ0n) is 6.52. The first kappa shape index (κ1) is 10.9. The highest BCUT2D eigenvalue weighted by molar-refractivity contribution is 14.1. The number of rotatable bonds is 2. The quantitative estimate of drug-likeness (QED) is 0.616. The zero-order valence-corrected chi connectivity index (χ0v) is 9.44. The molecule has 0 fully saturated rings. The van der Waals surface area contributed by atoms with E-state index in [0.717, 1.165) is 0 Å². The van der Waals surface area contributed by atoms with Crippen molar-refractivity contribution in [2.45, 2.75) is 6.43 Å². The van der Waals surface area contributed by atoms with Gasteiger partial charge in [0.1, 0.15) is 3.70 Å². The highest BCUT2D eigenvalue weighted by Gasteiger charge is 2.20. The van der Waals surface area contributed by atoms with Gasteiger partial charge in [0.2, 0.25) is 5.88 Å². The van der Waals surface area contributed by atoms with Gasteiger partial charge in [-0.25, -0.2) is 13.8 Å². The topological polar surface area (TPSA) is 22.1 Å². The molecule has 0 saturated carbocycles. The van der Waals surface area contributed by atoms with Gasteiger partial charge in [0.05, 0.1) is 17.7 Å². The Labute approximate surface area is 92.4 Å². The molecule has 72 valence electrons. The molecule has 0 saturated heterocycles. The van der Waals surface area contributed by atoms with Crippen LogP contribution in [0, 0.1) is 3.70 Å². The van der Waals surface area contributed by atoms with Crippen LogP contribution < -0.4 is 4.74 Å². The fraction of sp³-hybridized carbons (Fsp3) is 0.286. The van der Waals surface area contributed by atoms with Crippen LogP contribution in [0.15, 0.2) is 6.07 Å². The smallest absolute Gasteiger partial charge is 0.270 e. The van der Waals surface area contributed by atoms with E-state index >= 15 is 0 Å². The van der Waals surface area contributed by atoms with Crippen LogP contribution in [0.25, 0.3) is 0 Å². The van der Waals surface area contributed by atoms with Gasteiger partial charge in [0.25, 0.3) is 6.43 Å². The van der Waals surface area contributed by atoms with Gasteiger partial charge in [-0.05, 0) is 28.7 Å². The number of methoxy groups -OCH3 is 1. The van der Waals surface area contributed by atoms with Crippen LogP contribution in [0.5, 0.6) is 5.88 Å². The third kappa shape index (κ3) is 2.40. The maximum Gasteiger partial charge on any atom is 0.270 e. The van der Waals surface area contributed by atoms with Crippen molar-refractivity contribution >= 4 is 34.2 Å². The Bertz CT molecular complexity index is 322. The molecule has 0 aromatic carbocycles. The lowest BCUT2D eigenvalue weighted by Gasteiger charge is -2.08. The van der Waals surface area contributed by atoms with Crippen molar-refractivity contribution in [1.82, 2.24) is 4.98 Å². The Morgan fingerprint density at radius 3 is 2.69 bits per heavy atom. The molecule has 0 N–H and O–H groups in total. The van der Waals surface area contributed by atoms with Gasteiger partial charge in [0, 0.05) is 0 Å². The van der Waals surface area contributed by atoms with Gasteiger partial charge in [0.15, 0.2) is 0 Å². The summed E-state index contributed by atoms with van der Waals surface area (Å²) in [6, 6.07) is 1.37. The number of aromatic nitrogens is 1. The first-order chi connectivity index (χ1) is 6.06. The summed E-state index contributed by atoms with van der Waals surface area (Å²) in [5.41, 5.74) is -0.357. The highest BCUT2D eigenvalue weighted by atomic mass is 127. The summed E-state index contributed by atoms with van der Waals surface area (Å²) in [7, 11) is 1.28. The molecule has 0 aliphatic heterocycles. The molecular formula is C7H5ClF2INO. The summed E-state index contributed by atoms with van der Waals surface area (Å²) in [6.45, 7) is 0. The van der Waals surface area contributed by atoms with E-state index in [0.29, 0.717) is 3.70 Å². The average Bonchev–Trinajstić information content (AvgIpc) is 2.01. The van der Waals surface area contributed by atoms with Crippen LogP contribution in [0.2, 0.25) is 5.02 Å². The van der Waals surface area contributed by atoms with Crippen molar-refractivity contribution in [1.29, 1.82) is 0 Å². The molecule has 0 atom stereocenters. The molecule has 0 unspecified atom stereocenters. The molecule has 13 heavy (non-hydrogen) atoms. The van der Waals surface area contributed by atoms with Crippen LogP contribution in [0.4, 0.5) is 8.78 Å². The number of nitrogens with zero attached hydrogens (tertiary/aromatic N) is 1. The molecule has 1 aromatic heterocycles. The molecule has 0 aliphatic rings. The largest absolute Gasteiger partial charge is 0.481 e. The van der Waals surface area contributed by atoms with Gasteiger partial charge < -0.3 is 4.74 Å². The number of ether oxygens (including phenoxy) is 1. The minimum atomic E-state index is -2.67. The van der Waals surface area contributed by atoms with Crippen molar-refractivity contribution in [2.75, 3.05) is 7.11 Å². The Balaban J connectivity index is 3.30. The standard InChI is InChI=1S/C7H5ClF2INO/c1-13-7-5(6(9)10)3(8)2-4(11)12-7/h2,6H,1H3. The predicted octanol–water partition coefficient (Wildman–Crippen LogP) is 3.29. The summed E-state index contributed by atoms with van der Waals surface area (Å²) in [5, 5.41) is -0.0220. The van der Waals surface area contributed by atoms with Crippen LogP contribution >= 0.6 is 34.2 Å². The second-order valence-electron chi connectivity index (χ2n) is 2.15. The monoisotopic (exact) mass is 319 g/mol. The number of pyridine rings is 1. The SMILES string of the molecule is COc1nc(I)cc(Cl)c1C(F)F. The van der Waals surface area contributed by atoms with E-state index in [4.69, 9.17) is 11.6 Å². The van der Waals surface area contributed by atoms with Crippen molar-refractivity contribution in [2.24, 2.45) is 0 Å². The molecule has 0 spiro atoms. The molecule has 6 heteroatoms. The Morgan fingerprint density at radius 1 is 1.62 bits per heavy atom. The second-order valence-corrected chi connectivity index (χ2v) is 3.66. The van der Waals surface area contributed by atoms with Gasteiger partial charge in [-0.3, -0.25) is 0 Å². The van der Waals surface area contributed by atoms with Gasteiger partial charge in [-0.2, -0.15) is 0 Å². The fourth-order valence-electron chi connectivity index (χ4n) is 0.827. The van der Waals surface area contributed by atoms with Gasteiger partial charge in [-0.1, -0.05) is 11.6 Å². The third-order valence-electron chi connectivity index (χ3n) is 1.35. The summed E-state index contributed by atoms with van der Waals surface area (Å²) in [5.74, 6) is -0.119. The van der Waals surface area contributed by atoms with E-state index in [1.807, 2.05) is 22.6 Å². The van der Waals surface area contributed by atoms with E-state index in [1.54, 1.807) is 0 Å². The van der Waals surface area contributed by atoms with E-state index in [1.165, 1.54) is 13.2 Å². The molecule has 0 aliphatic carbocycles. The summed E-state index contributed by atoms with van der Waals surface area (Å²) in [4.78, 5) is 3.77. The van der Waals surface area contributed by atoms with Crippen LogP contribution in [0.3, 0.4) is 0 Å². The molecule has 0 bridgehead atoms. The molecule has 1 heterocycles. The zero-order chi connectivity index (χ0) is 10.0. The summed E-state index contributed by atoms with van der Waals surface area (Å²) < 4.78 is 30.0. The summed E-state index contributed by atoms with van der Waals surface area (Å²) in [6.07, 6.45) is -2.67.